The maximum Gasteiger partial charge on any atom is 0.417 e. The molecule has 7 heteroatoms. The smallest absolute Gasteiger partial charge is 0.417 e. The van der Waals surface area contributed by atoms with E-state index < -0.39 is 17.7 Å². The number of hydrogen-bond acceptors (Lipinski definition) is 4. The molecule has 0 saturated heterocycles. The van der Waals surface area contributed by atoms with Crippen LogP contribution in [0.15, 0.2) is 41.0 Å². The molecule has 0 saturated carbocycles. The van der Waals surface area contributed by atoms with Crippen molar-refractivity contribution < 1.29 is 27.1 Å². The molecule has 2 aromatic rings. The maximum absolute atomic E-state index is 12.4. The van der Waals surface area contributed by atoms with Crippen molar-refractivity contribution in [2.75, 3.05) is 6.61 Å². The van der Waals surface area contributed by atoms with Crippen LogP contribution < -0.4 is 0 Å². The molecule has 2 rings (SSSR count). The van der Waals surface area contributed by atoms with Crippen LogP contribution in [0.1, 0.15) is 18.2 Å². The molecular formula is C15H12F3NO3. The predicted octanol–water partition coefficient (Wildman–Crippen LogP) is 3.94. The molecule has 0 spiro atoms. The van der Waals surface area contributed by atoms with Crippen LogP contribution in [0.2, 0.25) is 0 Å². The Kier molecular flexibility index (Phi) is 4.65. The van der Waals surface area contributed by atoms with Crippen molar-refractivity contribution in [3.63, 3.8) is 0 Å². The van der Waals surface area contributed by atoms with Gasteiger partial charge in [-0.3, -0.25) is 4.98 Å². The van der Waals surface area contributed by atoms with Crippen LogP contribution in [0.4, 0.5) is 13.2 Å². The summed E-state index contributed by atoms with van der Waals surface area (Å²) in [5.41, 5.74) is -0.561. The number of esters is 1. The predicted molar refractivity (Wildman–Crippen MR) is 72.6 cm³/mol. The SMILES string of the molecule is CCOC(=O)/C=C/c1ccc(-c2ccc(C(F)(F)F)cn2)o1. The van der Waals surface area contributed by atoms with E-state index in [0.717, 1.165) is 12.3 Å². The lowest BCUT2D eigenvalue weighted by molar-refractivity contribution is -0.138. The minimum Gasteiger partial charge on any atom is -0.463 e. The lowest BCUT2D eigenvalue weighted by atomic mass is 10.2. The number of rotatable bonds is 4. The normalized spacial score (nSPS) is 11.8. The third-order valence-electron chi connectivity index (χ3n) is 2.64. The molecule has 0 atom stereocenters. The minimum atomic E-state index is -4.43. The molecule has 2 aromatic heterocycles. The van der Waals surface area contributed by atoms with Gasteiger partial charge in [0.15, 0.2) is 5.76 Å². The van der Waals surface area contributed by atoms with Crippen molar-refractivity contribution in [3.05, 3.63) is 47.9 Å². The van der Waals surface area contributed by atoms with Crippen LogP contribution in [0, 0.1) is 0 Å². The fraction of sp³-hybridized carbons (Fsp3) is 0.200. The van der Waals surface area contributed by atoms with E-state index in [-0.39, 0.29) is 12.3 Å². The Morgan fingerprint density at radius 2 is 2.09 bits per heavy atom. The molecule has 0 aliphatic carbocycles. The standard InChI is InChI=1S/C15H12F3NO3/c1-2-21-14(20)8-5-11-4-7-13(22-11)12-6-3-10(9-19-12)15(16,17)18/h3-9H,2H2,1H3/b8-5+. The molecule has 4 nitrogen and oxygen atoms in total. The fourth-order valence-electron chi connectivity index (χ4n) is 1.63. The average Bonchev–Trinajstić information content (AvgIpc) is 2.93. The second kappa shape index (κ2) is 6.46. The first-order chi connectivity index (χ1) is 10.4. The molecular weight excluding hydrogens is 299 g/mol. The summed E-state index contributed by atoms with van der Waals surface area (Å²) in [5.74, 6) is 0.162. The van der Waals surface area contributed by atoms with E-state index in [1.807, 2.05) is 0 Å². The molecule has 0 aliphatic rings. The number of carbonyl (C=O) groups excluding carboxylic acids is 1. The summed E-state index contributed by atoms with van der Waals surface area (Å²) in [6.07, 6.45) is -1.08. The maximum atomic E-state index is 12.4. The highest BCUT2D eigenvalue weighted by Crippen LogP contribution is 2.30. The van der Waals surface area contributed by atoms with Crippen LogP contribution in [0.5, 0.6) is 0 Å². The van der Waals surface area contributed by atoms with Crippen LogP contribution in [0.3, 0.4) is 0 Å². The highest BCUT2D eigenvalue weighted by atomic mass is 19.4. The summed E-state index contributed by atoms with van der Waals surface area (Å²) in [6.45, 7) is 1.95. The van der Waals surface area contributed by atoms with E-state index in [9.17, 15) is 18.0 Å². The number of alkyl halides is 3. The number of pyridine rings is 1. The zero-order valence-electron chi connectivity index (χ0n) is 11.6. The molecule has 116 valence electrons. The Balaban J connectivity index is 2.13. The van der Waals surface area contributed by atoms with E-state index in [2.05, 4.69) is 4.98 Å². The highest BCUT2D eigenvalue weighted by Gasteiger charge is 2.30. The van der Waals surface area contributed by atoms with Gasteiger partial charge in [-0.2, -0.15) is 13.2 Å². The summed E-state index contributed by atoms with van der Waals surface area (Å²) in [4.78, 5) is 14.9. The van der Waals surface area contributed by atoms with Gasteiger partial charge in [0, 0.05) is 12.3 Å². The van der Waals surface area contributed by atoms with Crippen molar-refractivity contribution in [2.24, 2.45) is 0 Å². The monoisotopic (exact) mass is 311 g/mol. The molecule has 0 unspecified atom stereocenters. The van der Waals surface area contributed by atoms with Gasteiger partial charge in [0.05, 0.1) is 12.2 Å². The Labute approximate surface area is 124 Å². The Morgan fingerprint density at radius 3 is 2.68 bits per heavy atom. The zero-order chi connectivity index (χ0) is 16.2. The average molecular weight is 311 g/mol. The van der Waals surface area contributed by atoms with Gasteiger partial charge in [0.1, 0.15) is 11.5 Å². The first-order valence-electron chi connectivity index (χ1n) is 6.38. The first kappa shape index (κ1) is 15.8. The number of halogens is 3. The summed E-state index contributed by atoms with van der Waals surface area (Å²) < 4.78 is 47.4. The number of nitrogens with zero attached hydrogens (tertiary/aromatic N) is 1. The van der Waals surface area contributed by atoms with Gasteiger partial charge >= 0.3 is 12.1 Å². The van der Waals surface area contributed by atoms with Gasteiger partial charge in [0.2, 0.25) is 0 Å². The highest BCUT2D eigenvalue weighted by molar-refractivity contribution is 5.86. The number of carbonyl (C=O) groups is 1. The van der Waals surface area contributed by atoms with Gasteiger partial charge in [0.25, 0.3) is 0 Å². The van der Waals surface area contributed by atoms with Gasteiger partial charge in [-0.15, -0.1) is 0 Å². The second-order valence-corrected chi connectivity index (χ2v) is 4.22. The van der Waals surface area contributed by atoms with Crippen molar-refractivity contribution in [3.8, 4) is 11.5 Å². The summed E-state index contributed by atoms with van der Waals surface area (Å²) in [5, 5.41) is 0. The van der Waals surface area contributed by atoms with E-state index in [1.54, 1.807) is 19.1 Å². The summed E-state index contributed by atoms with van der Waals surface area (Å²) in [6, 6.07) is 5.28. The largest absolute Gasteiger partial charge is 0.463 e. The van der Waals surface area contributed by atoms with Gasteiger partial charge in [-0.1, -0.05) is 0 Å². The number of hydrogen-bond donors (Lipinski definition) is 0. The number of furan rings is 1. The number of ether oxygens (including phenoxy) is 1. The van der Waals surface area contributed by atoms with E-state index >= 15 is 0 Å². The molecule has 0 aromatic carbocycles. The topological polar surface area (TPSA) is 52.3 Å². The molecule has 22 heavy (non-hydrogen) atoms. The molecule has 0 bridgehead atoms. The van der Waals surface area contributed by atoms with Crippen molar-refractivity contribution in [1.82, 2.24) is 4.98 Å². The Morgan fingerprint density at radius 1 is 1.32 bits per heavy atom. The molecule has 0 N–H and O–H groups in total. The lowest BCUT2D eigenvalue weighted by Crippen LogP contribution is -2.05. The van der Waals surface area contributed by atoms with Crippen LogP contribution in [-0.4, -0.2) is 17.6 Å². The lowest BCUT2D eigenvalue weighted by Gasteiger charge is -2.05. The summed E-state index contributed by atoms with van der Waals surface area (Å²) >= 11 is 0. The summed E-state index contributed by atoms with van der Waals surface area (Å²) in [7, 11) is 0. The quantitative estimate of drug-likeness (QED) is 0.634. The minimum absolute atomic E-state index is 0.266. The van der Waals surface area contributed by atoms with Crippen LogP contribution in [0.25, 0.3) is 17.5 Å². The van der Waals surface area contributed by atoms with E-state index in [0.29, 0.717) is 11.5 Å². The molecule has 0 radical (unpaired) electrons. The fourth-order valence-corrected chi connectivity index (χ4v) is 1.63. The number of aromatic nitrogens is 1. The molecule has 0 amide bonds. The third-order valence-corrected chi connectivity index (χ3v) is 2.64. The third kappa shape index (κ3) is 3.97. The van der Waals surface area contributed by atoms with Crippen LogP contribution >= 0.6 is 0 Å². The molecule has 0 fully saturated rings. The Hall–Kier alpha value is -2.57. The van der Waals surface area contributed by atoms with Crippen LogP contribution in [-0.2, 0) is 15.7 Å². The van der Waals surface area contributed by atoms with E-state index in [1.165, 1.54) is 18.2 Å². The molecule has 2 heterocycles. The van der Waals surface area contributed by atoms with E-state index in [4.69, 9.17) is 9.15 Å². The first-order valence-corrected chi connectivity index (χ1v) is 6.38. The van der Waals surface area contributed by atoms with Gasteiger partial charge < -0.3 is 9.15 Å². The molecule has 0 aliphatic heterocycles. The van der Waals surface area contributed by atoms with Gasteiger partial charge in [-0.05, 0) is 37.3 Å². The van der Waals surface area contributed by atoms with Crippen molar-refractivity contribution in [1.29, 1.82) is 0 Å². The second-order valence-electron chi connectivity index (χ2n) is 4.22. The van der Waals surface area contributed by atoms with Crippen molar-refractivity contribution >= 4 is 12.0 Å². The Bertz CT molecular complexity index is 672. The van der Waals surface area contributed by atoms with Gasteiger partial charge in [-0.25, -0.2) is 4.79 Å². The van der Waals surface area contributed by atoms with Crippen molar-refractivity contribution in [2.45, 2.75) is 13.1 Å². The zero-order valence-corrected chi connectivity index (χ0v) is 11.6.